The first kappa shape index (κ1) is 17.9. The van der Waals surface area contributed by atoms with Gasteiger partial charge in [0.05, 0.1) is 15.5 Å². The SMILES string of the molecule is CS(=O)(=O)c1ccc(Cl)c(C(=O)N(Cc2ccc(F)cc2)C2CC2)c1. The van der Waals surface area contributed by atoms with Crippen LogP contribution in [0.15, 0.2) is 47.4 Å². The predicted octanol–water partition coefficient (Wildman–Crippen LogP) is 3.69. The number of hydrogen-bond acceptors (Lipinski definition) is 3. The van der Waals surface area contributed by atoms with Crippen molar-refractivity contribution in [3.8, 4) is 0 Å². The van der Waals surface area contributed by atoms with Crippen LogP contribution in [0.1, 0.15) is 28.8 Å². The maximum Gasteiger partial charge on any atom is 0.255 e. The second-order valence-electron chi connectivity index (χ2n) is 6.20. The van der Waals surface area contributed by atoms with Crippen LogP contribution < -0.4 is 0 Å². The summed E-state index contributed by atoms with van der Waals surface area (Å²) in [6.45, 7) is 0.323. The van der Waals surface area contributed by atoms with E-state index in [1.165, 1.54) is 30.3 Å². The number of benzene rings is 2. The molecular formula is C18H17ClFNO3S. The molecule has 1 aliphatic carbocycles. The zero-order valence-electron chi connectivity index (χ0n) is 13.6. The molecule has 0 aromatic heterocycles. The van der Waals surface area contributed by atoms with Crippen molar-refractivity contribution in [3.63, 3.8) is 0 Å². The van der Waals surface area contributed by atoms with E-state index < -0.39 is 9.84 Å². The molecule has 0 N–H and O–H groups in total. The van der Waals surface area contributed by atoms with E-state index in [0.717, 1.165) is 24.7 Å². The Morgan fingerprint density at radius 1 is 1.20 bits per heavy atom. The molecule has 3 rings (SSSR count). The Morgan fingerprint density at radius 2 is 1.84 bits per heavy atom. The van der Waals surface area contributed by atoms with Crippen LogP contribution in [-0.2, 0) is 16.4 Å². The Hall–Kier alpha value is -1.92. The third-order valence-electron chi connectivity index (χ3n) is 4.11. The number of rotatable bonds is 5. The highest BCUT2D eigenvalue weighted by Crippen LogP contribution is 2.32. The van der Waals surface area contributed by atoms with Gasteiger partial charge in [-0.05, 0) is 48.7 Å². The van der Waals surface area contributed by atoms with Crippen LogP contribution >= 0.6 is 11.6 Å². The summed E-state index contributed by atoms with van der Waals surface area (Å²) in [6, 6.07) is 10.2. The first-order valence-corrected chi connectivity index (χ1v) is 10.1. The van der Waals surface area contributed by atoms with Gasteiger partial charge in [0.25, 0.3) is 5.91 Å². The lowest BCUT2D eigenvalue weighted by atomic mass is 10.1. The first-order chi connectivity index (χ1) is 11.8. The van der Waals surface area contributed by atoms with Gasteiger partial charge in [0.2, 0.25) is 0 Å². The van der Waals surface area contributed by atoms with Gasteiger partial charge in [0, 0.05) is 18.8 Å². The van der Waals surface area contributed by atoms with Gasteiger partial charge in [-0.1, -0.05) is 23.7 Å². The van der Waals surface area contributed by atoms with Gasteiger partial charge in [-0.15, -0.1) is 0 Å². The summed E-state index contributed by atoms with van der Waals surface area (Å²) in [7, 11) is -3.44. The number of sulfone groups is 1. The molecule has 25 heavy (non-hydrogen) atoms. The maximum absolute atomic E-state index is 13.1. The molecule has 0 saturated heterocycles. The molecule has 4 nitrogen and oxygen atoms in total. The van der Waals surface area contributed by atoms with Crippen molar-refractivity contribution in [2.75, 3.05) is 6.26 Å². The fourth-order valence-corrected chi connectivity index (χ4v) is 3.44. The first-order valence-electron chi connectivity index (χ1n) is 7.81. The summed E-state index contributed by atoms with van der Waals surface area (Å²) in [5.41, 5.74) is 0.968. The van der Waals surface area contributed by atoms with Gasteiger partial charge in [0.15, 0.2) is 9.84 Å². The van der Waals surface area contributed by atoms with E-state index in [1.54, 1.807) is 17.0 Å². The molecule has 0 radical (unpaired) electrons. The van der Waals surface area contributed by atoms with Crippen LogP contribution in [0.5, 0.6) is 0 Å². The molecule has 2 aromatic rings. The summed E-state index contributed by atoms with van der Waals surface area (Å²) in [5, 5.41) is 0.210. The molecule has 1 saturated carbocycles. The maximum atomic E-state index is 13.1. The Kier molecular flexibility index (Phi) is 4.84. The minimum atomic E-state index is -3.44. The van der Waals surface area contributed by atoms with E-state index in [1.807, 2.05) is 0 Å². The summed E-state index contributed by atoms with van der Waals surface area (Å²) < 4.78 is 36.6. The summed E-state index contributed by atoms with van der Waals surface area (Å²) in [6.07, 6.45) is 2.86. The smallest absolute Gasteiger partial charge is 0.255 e. The summed E-state index contributed by atoms with van der Waals surface area (Å²) in [5.74, 6) is -0.653. The van der Waals surface area contributed by atoms with Crippen molar-refractivity contribution in [3.05, 3.63) is 64.4 Å². The van der Waals surface area contributed by atoms with Crippen molar-refractivity contribution >= 4 is 27.3 Å². The zero-order valence-corrected chi connectivity index (χ0v) is 15.1. The molecule has 132 valence electrons. The standard InChI is InChI=1S/C18H17ClFNO3S/c1-25(23,24)15-8-9-17(19)16(10-15)18(22)21(14-6-7-14)11-12-2-4-13(20)5-3-12/h2-5,8-10,14H,6-7,11H2,1H3. The fraction of sp³-hybridized carbons (Fsp3) is 0.278. The van der Waals surface area contributed by atoms with E-state index in [-0.39, 0.29) is 33.2 Å². The van der Waals surface area contributed by atoms with Crippen LogP contribution in [0.25, 0.3) is 0 Å². The van der Waals surface area contributed by atoms with Gasteiger partial charge in [-0.2, -0.15) is 0 Å². The Bertz CT molecular complexity index is 908. The molecule has 0 bridgehead atoms. The quantitative estimate of drug-likeness (QED) is 0.793. The third-order valence-corrected chi connectivity index (χ3v) is 5.55. The highest BCUT2D eigenvalue weighted by atomic mass is 35.5. The van der Waals surface area contributed by atoms with Crippen molar-refractivity contribution in [1.82, 2.24) is 4.90 Å². The van der Waals surface area contributed by atoms with Gasteiger partial charge < -0.3 is 4.90 Å². The summed E-state index contributed by atoms with van der Waals surface area (Å²) in [4.78, 5) is 14.7. The molecule has 1 aliphatic rings. The highest BCUT2D eigenvalue weighted by Gasteiger charge is 2.34. The van der Waals surface area contributed by atoms with Crippen molar-refractivity contribution in [2.45, 2.75) is 30.3 Å². The van der Waals surface area contributed by atoms with Crippen LogP contribution in [0.3, 0.4) is 0 Å². The molecule has 7 heteroatoms. The minimum Gasteiger partial charge on any atom is -0.331 e. The van der Waals surface area contributed by atoms with Crippen LogP contribution in [0.4, 0.5) is 4.39 Å². The van der Waals surface area contributed by atoms with E-state index in [0.29, 0.717) is 6.54 Å². The third kappa shape index (κ3) is 4.19. The van der Waals surface area contributed by atoms with E-state index >= 15 is 0 Å². The van der Waals surface area contributed by atoms with Gasteiger partial charge in [0.1, 0.15) is 5.82 Å². The molecule has 0 heterocycles. The Balaban J connectivity index is 1.92. The van der Waals surface area contributed by atoms with Gasteiger partial charge in [-0.25, -0.2) is 12.8 Å². The van der Waals surface area contributed by atoms with Crippen molar-refractivity contribution < 1.29 is 17.6 Å². The topological polar surface area (TPSA) is 54.5 Å². The average Bonchev–Trinajstić information content (AvgIpc) is 3.38. The molecule has 0 atom stereocenters. The van der Waals surface area contributed by atoms with E-state index in [9.17, 15) is 17.6 Å². The molecule has 1 fully saturated rings. The largest absolute Gasteiger partial charge is 0.331 e. The second kappa shape index (κ2) is 6.77. The molecule has 0 unspecified atom stereocenters. The normalized spacial score (nSPS) is 14.4. The molecule has 0 spiro atoms. The van der Waals surface area contributed by atoms with Crippen LogP contribution in [-0.4, -0.2) is 31.5 Å². The number of carbonyl (C=O) groups is 1. The fourth-order valence-electron chi connectivity index (χ4n) is 2.59. The second-order valence-corrected chi connectivity index (χ2v) is 8.63. The van der Waals surface area contributed by atoms with E-state index in [2.05, 4.69) is 0 Å². The molecule has 2 aromatic carbocycles. The number of halogens is 2. The van der Waals surface area contributed by atoms with Crippen LogP contribution in [0.2, 0.25) is 5.02 Å². The monoisotopic (exact) mass is 381 g/mol. The van der Waals surface area contributed by atoms with E-state index in [4.69, 9.17) is 11.6 Å². The number of nitrogens with zero attached hydrogens (tertiary/aromatic N) is 1. The number of hydrogen-bond donors (Lipinski definition) is 0. The van der Waals surface area contributed by atoms with Gasteiger partial charge in [-0.3, -0.25) is 4.79 Å². The lowest BCUT2D eigenvalue weighted by Crippen LogP contribution is -2.33. The number of amides is 1. The predicted molar refractivity (Wildman–Crippen MR) is 93.9 cm³/mol. The lowest BCUT2D eigenvalue weighted by molar-refractivity contribution is 0.0730. The Labute approximate surface area is 151 Å². The van der Waals surface area contributed by atoms with Crippen molar-refractivity contribution in [2.24, 2.45) is 0 Å². The Morgan fingerprint density at radius 3 is 2.40 bits per heavy atom. The summed E-state index contributed by atoms with van der Waals surface area (Å²) >= 11 is 6.14. The lowest BCUT2D eigenvalue weighted by Gasteiger charge is -2.23. The van der Waals surface area contributed by atoms with Crippen molar-refractivity contribution in [1.29, 1.82) is 0 Å². The molecular weight excluding hydrogens is 365 g/mol. The average molecular weight is 382 g/mol. The zero-order chi connectivity index (χ0) is 18.2. The van der Waals surface area contributed by atoms with Gasteiger partial charge >= 0.3 is 0 Å². The molecule has 0 aliphatic heterocycles. The minimum absolute atomic E-state index is 0.0535. The highest BCUT2D eigenvalue weighted by molar-refractivity contribution is 7.90. The number of carbonyl (C=O) groups excluding carboxylic acids is 1. The van der Waals surface area contributed by atoms with Crippen LogP contribution in [0, 0.1) is 5.82 Å². The molecule has 1 amide bonds.